The normalized spacial score (nSPS) is 18.9. The number of halogens is 1. The highest BCUT2D eigenvalue weighted by Crippen LogP contribution is 2.34. The molecular weight excluding hydrogens is 366 g/mol. The smallest absolute Gasteiger partial charge is 0.265 e. The number of carbonyl (C=O) groups excluding carboxylic acids is 1. The van der Waals surface area contributed by atoms with Crippen molar-refractivity contribution in [3.63, 3.8) is 0 Å². The molecule has 1 fully saturated rings. The van der Waals surface area contributed by atoms with Crippen LogP contribution in [-0.2, 0) is 16.1 Å². The maximum Gasteiger partial charge on any atom is 0.265 e. The molecule has 0 saturated carbocycles. The average Bonchev–Trinajstić information content (AvgIpc) is 2.68. The van der Waals surface area contributed by atoms with Gasteiger partial charge in [0.15, 0.2) is 6.10 Å². The molecule has 2 aromatic rings. The molecule has 1 atom stereocenters. The predicted octanol–water partition coefficient (Wildman–Crippen LogP) is 2.32. The number of hydrogen-bond donors (Lipinski definition) is 1. The molecule has 0 bridgehead atoms. The third-order valence-electron chi connectivity index (χ3n) is 4.78. The summed E-state index contributed by atoms with van der Waals surface area (Å²) >= 11 is 0. The number of nitrogens with zero attached hydrogens (tertiary/aromatic N) is 2. The van der Waals surface area contributed by atoms with Gasteiger partial charge in [-0.1, -0.05) is 24.3 Å². The highest BCUT2D eigenvalue weighted by atomic mass is 35.5. The lowest BCUT2D eigenvalue weighted by Gasteiger charge is -2.38. The van der Waals surface area contributed by atoms with Crippen LogP contribution in [0.3, 0.4) is 0 Å². The minimum atomic E-state index is -0.510. The van der Waals surface area contributed by atoms with E-state index in [1.54, 1.807) is 0 Å². The predicted molar refractivity (Wildman–Crippen MR) is 107 cm³/mol. The molecule has 0 aromatic heterocycles. The summed E-state index contributed by atoms with van der Waals surface area (Å²) in [5, 5.41) is 0. The van der Waals surface area contributed by atoms with Crippen molar-refractivity contribution in [2.45, 2.75) is 12.6 Å². The fourth-order valence-corrected chi connectivity index (χ4v) is 3.48. The Morgan fingerprint density at radius 1 is 1.11 bits per heavy atom. The van der Waals surface area contributed by atoms with E-state index in [1.807, 2.05) is 53.4 Å². The Morgan fingerprint density at radius 3 is 2.67 bits per heavy atom. The summed E-state index contributed by atoms with van der Waals surface area (Å²) in [6.45, 7) is 3.61. The monoisotopic (exact) mass is 389 g/mol. The van der Waals surface area contributed by atoms with Crippen LogP contribution in [0.2, 0.25) is 0 Å². The molecule has 0 aliphatic carbocycles. The summed E-state index contributed by atoms with van der Waals surface area (Å²) in [6.07, 6.45) is -0.510. The second kappa shape index (κ2) is 8.50. The zero-order valence-electron chi connectivity index (χ0n) is 15.0. The van der Waals surface area contributed by atoms with E-state index >= 15 is 0 Å². The number of nitrogen functional groups attached to an aromatic ring is 1. The molecule has 144 valence electrons. The lowest BCUT2D eigenvalue weighted by Crippen LogP contribution is -2.52. The van der Waals surface area contributed by atoms with Gasteiger partial charge in [-0.15, -0.1) is 12.4 Å². The molecule has 2 aliphatic rings. The van der Waals surface area contributed by atoms with Gasteiger partial charge in [0.05, 0.1) is 25.4 Å². The summed E-state index contributed by atoms with van der Waals surface area (Å²) < 4.78 is 11.4. The lowest BCUT2D eigenvalue weighted by atomic mass is 10.1. The third-order valence-corrected chi connectivity index (χ3v) is 4.78. The van der Waals surface area contributed by atoms with Crippen molar-refractivity contribution in [1.29, 1.82) is 0 Å². The van der Waals surface area contributed by atoms with Gasteiger partial charge < -0.3 is 25.0 Å². The van der Waals surface area contributed by atoms with E-state index in [9.17, 15) is 4.79 Å². The van der Waals surface area contributed by atoms with Gasteiger partial charge in [-0.25, -0.2) is 0 Å². The van der Waals surface area contributed by atoms with E-state index in [0.29, 0.717) is 39.4 Å². The Morgan fingerprint density at radius 2 is 1.89 bits per heavy atom. The Hall–Kier alpha value is -2.44. The molecule has 2 heterocycles. The number of rotatable bonds is 3. The number of para-hydroxylation sites is 2. The lowest BCUT2D eigenvalue weighted by molar-refractivity contribution is -0.142. The van der Waals surface area contributed by atoms with Gasteiger partial charge in [-0.3, -0.25) is 4.79 Å². The van der Waals surface area contributed by atoms with Gasteiger partial charge in [0.25, 0.3) is 5.91 Å². The van der Waals surface area contributed by atoms with Crippen LogP contribution in [-0.4, -0.2) is 49.8 Å². The van der Waals surface area contributed by atoms with Gasteiger partial charge >= 0.3 is 0 Å². The second-order valence-electron chi connectivity index (χ2n) is 6.64. The second-order valence-corrected chi connectivity index (χ2v) is 6.64. The van der Waals surface area contributed by atoms with E-state index < -0.39 is 6.10 Å². The average molecular weight is 390 g/mol. The fraction of sp³-hybridized carbons (Fsp3) is 0.350. The number of ether oxygens (including phenoxy) is 2. The molecule has 7 heteroatoms. The summed E-state index contributed by atoms with van der Waals surface area (Å²) in [5.74, 6) is 0.773. The molecule has 27 heavy (non-hydrogen) atoms. The number of amides is 1. The summed E-state index contributed by atoms with van der Waals surface area (Å²) in [7, 11) is 0. The van der Waals surface area contributed by atoms with Crippen molar-refractivity contribution >= 4 is 29.7 Å². The van der Waals surface area contributed by atoms with Gasteiger partial charge in [0, 0.05) is 25.3 Å². The molecule has 1 saturated heterocycles. The van der Waals surface area contributed by atoms with E-state index in [-0.39, 0.29) is 18.3 Å². The first-order chi connectivity index (χ1) is 12.7. The highest BCUT2D eigenvalue weighted by molar-refractivity contribution is 5.85. The number of hydrogen-bond acceptors (Lipinski definition) is 5. The molecule has 4 rings (SSSR count). The molecule has 1 unspecified atom stereocenters. The summed E-state index contributed by atoms with van der Waals surface area (Å²) in [6, 6.07) is 15.7. The van der Waals surface area contributed by atoms with Crippen LogP contribution in [0.4, 0.5) is 11.4 Å². The van der Waals surface area contributed by atoms with Crippen molar-refractivity contribution in [3.05, 3.63) is 54.1 Å². The molecule has 0 spiro atoms. The topological polar surface area (TPSA) is 68.0 Å². The molecule has 1 amide bonds. The van der Waals surface area contributed by atoms with Crippen LogP contribution in [0.25, 0.3) is 0 Å². The first-order valence-corrected chi connectivity index (χ1v) is 8.92. The summed E-state index contributed by atoms with van der Waals surface area (Å²) in [5.41, 5.74) is 8.77. The molecule has 2 N–H and O–H groups in total. The number of carbonyl (C=O) groups is 1. The molecule has 0 radical (unpaired) electrons. The third kappa shape index (κ3) is 4.28. The number of nitrogens with two attached hydrogens (primary N) is 1. The van der Waals surface area contributed by atoms with Crippen molar-refractivity contribution in [2.24, 2.45) is 0 Å². The zero-order chi connectivity index (χ0) is 17.9. The van der Waals surface area contributed by atoms with Gasteiger partial charge in [0.1, 0.15) is 5.75 Å². The molecule has 6 nitrogen and oxygen atoms in total. The van der Waals surface area contributed by atoms with Crippen LogP contribution < -0.4 is 15.4 Å². The Bertz CT molecular complexity index is 796. The Labute approximate surface area is 165 Å². The maximum atomic E-state index is 12.9. The van der Waals surface area contributed by atoms with E-state index in [0.717, 1.165) is 22.7 Å². The van der Waals surface area contributed by atoms with E-state index in [4.69, 9.17) is 15.2 Å². The SMILES string of the molecule is Cl.Nc1cccc(CN2CC(C(=O)N3CCOCC3)Oc3ccccc32)c1. The zero-order valence-corrected chi connectivity index (χ0v) is 15.9. The Balaban J connectivity index is 0.00000210. The van der Waals surface area contributed by atoms with Crippen molar-refractivity contribution < 1.29 is 14.3 Å². The largest absolute Gasteiger partial charge is 0.477 e. The number of morpholine rings is 1. The van der Waals surface area contributed by atoms with Crippen LogP contribution in [0.1, 0.15) is 5.56 Å². The van der Waals surface area contributed by atoms with Crippen LogP contribution in [0.5, 0.6) is 5.75 Å². The molecular formula is C20H24ClN3O3. The van der Waals surface area contributed by atoms with Gasteiger partial charge in [0.2, 0.25) is 0 Å². The van der Waals surface area contributed by atoms with Crippen LogP contribution in [0, 0.1) is 0 Å². The molecule has 2 aromatic carbocycles. The maximum absolute atomic E-state index is 12.9. The quantitative estimate of drug-likeness (QED) is 0.816. The van der Waals surface area contributed by atoms with Gasteiger partial charge in [-0.05, 0) is 29.8 Å². The van der Waals surface area contributed by atoms with Crippen LogP contribution >= 0.6 is 12.4 Å². The highest BCUT2D eigenvalue weighted by Gasteiger charge is 2.34. The van der Waals surface area contributed by atoms with Crippen molar-refractivity contribution in [2.75, 3.05) is 43.5 Å². The number of fused-ring (bicyclic) bond motifs is 1. The fourth-order valence-electron chi connectivity index (χ4n) is 3.48. The van der Waals surface area contributed by atoms with Crippen LogP contribution in [0.15, 0.2) is 48.5 Å². The van der Waals surface area contributed by atoms with Crippen molar-refractivity contribution in [1.82, 2.24) is 4.90 Å². The van der Waals surface area contributed by atoms with E-state index in [2.05, 4.69) is 4.90 Å². The number of anilines is 2. The number of benzene rings is 2. The Kier molecular flexibility index (Phi) is 6.08. The first kappa shape index (κ1) is 19.3. The molecule has 2 aliphatic heterocycles. The van der Waals surface area contributed by atoms with Gasteiger partial charge in [-0.2, -0.15) is 0 Å². The summed E-state index contributed by atoms with van der Waals surface area (Å²) in [4.78, 5) is 16.9. The van der Waals surface area contributed by atoms with Crippen molar-refractivity contribution in [3.8, 4) is 5.75 Å². The van der Waals surface area contributed by atoms with E-state index in [1.165, 1.54) is 0 Å². The minimum Gasteiger partial charge on any atom is -0.477 e. The standard InChI is InChI=1S/C20H23N3O3.ClH/c21-16-5-3-4-15(12-16)13-23-14-19(20(24)22-8-10-25-11-9-22)26-18-7-2-1-6-17(18)23;/h1-7,12,19H,8-11,13-14,21H2;1H. The minimum absolute atomic E-state index is 0. The first-order valence-electron chi connectivity index (χ1n) is 8.92.